The van der Waals surface area contributed by atoms with Gasteiger partial charge in [-0.25, -0.2) is 4.98 Å². The number of nitrogens with zero attached hydrogens (tertiary/aromatic N) is 3. The van der Waals surface area contributed by atoms with Crippen molar-refractivity contribution in [3.8, 4) is 0 Å². The number of nitrogens with two attached hydrogens (primary N) is 1. The van der Waals surface area contributed by atoms with Crippen LogP contribution in [0.2, 0.25) is 0 Å². The molecule has 0 saturated carbocycles. The van der Waals surface area contributed by atoms with Crippen LogP contribution in [0.1, 0.15) is 25.0 Å². The van der Waals surface area contributed by atoms with Gasteiger partial charge in [0.1, 0.15) is 0 Å². The molecule has 3 rings (SSSR count). The Hall–Kier alpha value is -1.40. The van der Waals surface area contributed by atoms with E-state index in [9.17, 15) is 4.79 Å². The van der Waals surface area contributed by atoms with E-state index in [2.05, 4.69) is 19.8 Å². The summed E-state index contributed by atoms with van der Waals surface area (Å²) >= 11 is 0. The van der Waals surface area contributed by atoms with Crippen molar-refractivity contribution in [3.05, 3.63) is 18.2 Å². The number of nitrogens with one attached hydrogen (secondary N) is 1. The van der Waals surface area contributed by atoms with Crippen molar-refractivity contribution in [1.29, 1.82) is 0 Å². The van der Waals surface area contributed by atoms with Crippen LogP contribution in [-0.2, 0) is 11.2 Å². The Kier molecular flexibility index (Phi) is 4.55. The van der Waals surface area contributed by atoms with Gasteiger partial charge in [0, 0.05) is 63.5 Å². The van der Waals surface area contributed by atoms with Gasteiger partial charge in [-0.1, -0.05) is 0 Å². The molecule has 0 unspecified atom stereocenters. The van der Waals surface area contributed by atoms with E-state index >= 15 is 0 Å². The number of aromatic nitrogens is 2. The van der Waals surface area contributed by atoms with E-state index in [4.69, 9.17) is 5.73 Å². The third-order valence-electron chi connectivity index (χ3n) is 4.85. The number of amides is 1. The number of carbonyl (C=O) groups is 1. The molecule has 116 valence electrons. The minimum absolute atomic E-state index is 0.322. The predicted octanol–water partition coefficient (Wildman–Crippen LogP) is 0.224. The summed E-state index contributed by atoms with van der Waals surface area (Å²) in [4.78, 5) is 24.0. The summed E-state index contributed by atoms with van der Waals surface area (Å²) in [6.45, 7) is 4.66. The van der Waals surface area contributed by atoms with Gasteiger partial charge in [0.05, 0.1) is 6.33 Å². The zero-order valence-corrected chi connectivity index (χ0v) is 12.5. The van der Waals surface area contributed by atoms with Gasteiger partial charge < -0.3 is 20.5 Å². The molecule has 6 heteroatoms. The van der Waals surface area contributed by atoms with Gasteiger partial charge in [-0.3, -0.25) is 4.79 Å². The molecule has 0 spiro atoms. The van der Waals surface area contributed by atoms with Crippen LogP contribution >= 0.6 is 0 Å². The molecule has 0 bridgehead atoms. The van der Waals surface area contributed by atoms with Crippen LogP contribution in [0.5, 0.6) is 0 Å². The second-order valence-electron chi connectivity index (χ2n) is 6.16. The molecule has 3 heterocycles. The van der Waals surface area contributed by atoms with Crippen molar-refractivity contribution < 1.29 is 4.79 Å². The molecular formula is C15H25N5O. The average Bonchev–Trinajstić information content (AvgIpc) is 3.00. The summed E-state index contributed by atoms with van der Waals surface area (Å²) in [5, 5.41) is 0. The van der Waals surface area contributed by atoms with E-state index in [1.807, 2.05) is 6.20 Å². The summed E-state index contributed by atoms with van der Waals surface area (Å²) in [6, 6.07) is 0.420. The molecule has 1 aromatic heterocycles. The summed E-state index contributed by atoms with van der Waals surface area (Å²) in [7, 11) is 0. The van der Waals surface area contributed by atoms with Crippen LogP contribution in [0.4, 0.5) is 0 Å². The lowest BCUT2D eigenvalue weighted by Gasteiger charge is -2.47. The summed E-state index contributed by atoms with van der Waals surface area (Å²) in [6.07, 6.45) is 7.21. The van der Waals surface area contributed by atoms with Crippen molar-refractivity contribution in [2.75, 3.05) is 32.7 Å². The fourth-order valence-electron chi connectivity index (χ4n) is 3.77. The van der Waals surface area contributed by atoms with Crippen LogP contribution in [-0.4, -0.2) is 64.4 Å². The largest absolute Gasteiger partial charge is 0.348 e. The lowest BCUT2D eigenvalue weighted by atomic mass is 9.83. The minimum atomic E-state index is 0.322. The number of fused-ring (bicyclic) bond motifs is 1. The Morgan fingerprint density at radius 2 is 2.29 bits per heavy atom. The quantitative estimate of drug-likeness (QED) is 0.814. The first-order valence-corrected chi connectivity index (χ1v) is 7.97. The first-order chi connectivity index (χ1) is 10.3. The molecule has 2 saturated heterocycles. The van der Waals surface area contributed by atoms with Crippen molar-refractivity contribution in [2.24, 2.45) is 11.7 Å². The Morgan fingerprint density at radius 1 is 1.38 bits per heavy atom. The summed E-state index contributed by atoms with van der Waals surface area (Å²) in [5.41, 5.74) is 6.77. The van der Waals surface area contributed by atoms with Crippen molar-refractivity contribution in [1.82, 2.24) is 19.8 Å². The molecule has 1 amide bonds. The Labute approximate surface area is 125 Å². The molecule has 0 aliphatic carbocycles. The van der Waals surface area contributed by atoms with E-state index in [1.54, 1.807) is 6.33 Å². The number of aromatic amines is 1. The standard InChI is InChI=1S/C15H25N5O/c16-5-8-19-6-4-14-12(10-19)1-2-15(21)20(14)7-3-13-9-17-11-18-13/h9,11-12,14H,1-8,10,16H2,(H,17,18)/t12-,14+/m0/s1. The number of hydrogen-bond acceptors (Lipinski definition) is 4. The van der Waals surface area contributed by atoms with Crippen LogP contribution in [0.15, 0.2) is 12.5 Å². The highest BCUT2D eigenvalue weighted by atomic mass is 16.2. The topological polar surface area (TPSA) is 78.2 Å². The molecule has 2 fully saturated rings. The number of H-pyrrole nitrogens is 1. The molecule has 1 aromatic rings. The summed E-state index contributed by atoms with van der Waals surface area (Å²) in [5.74, 6) is 0.938. The van der Waals surface area contributed by atoms with Crippen molar-refractivity contribution in [3.63, 3.8) is 0 Å². The van der Waals surface area contributed by atoms with Crippen LogP contribution < -0.4 is 5.73 Å². The van der Waals surface area contributed by atoms with E-state index in [0.717, 1.165) is 57.7 Å². The molecule has 2 aliphatic rings. The first kappa shape index (κ1) is 14.5. The van der Waals surface area contributed by atoms with E-state index in [-0.39, 0.29) is 0 Å². The maximum Gasteiger partial charge on any atom is 0.222 e. The van der Waals surface area contributed by atoms with Crippen molar-refractivity contribution in [2.45, 2.75) is 31.7 Å². The number of rotatable bonds is 5. The van der Waals surface area contributed by atoms with Gasteiger partial charge >= 0.3 is 0 Å². The normalized spacial score (nSPS) is 26.9. The molecular weight excluding hydrogens is 266 g/mol. The van der Waals surface area contributed by atoms with Gasteiger partial charge in [-0.2, -0.15) is 0 Å². The lowest BCUT2D eigenvalue weighted by molar-refractivity contribution is -0.141. The minimum Gasteiger partial charge on any atom is -0.348 e. The maximum absolute atomic E-state index is 12.3. The molecule has 6 nitrogen and oxygen atoms in total. The predicted molar refractivity (Wildman–Crippen MR) is 80.6 cm³/mol. The second kappa shape index (κ2) is 6.58. The van der Waals surface area contributed by atoms with Crippen LogP contribution in [0, 0.1) is 5.92 Å². The number of imidazole rings is 1. The van der Waals surface area contributed by atoms with E-state index < -0.39 is 0 Å². The molecule has 0 radical (unpaired) electrons. The monoisotopic (exact) mass is 291 g/mol. The SMILES string of the molecule is NCCN1CC[C@@H]2[C@@H](CCC(=O)N2CCc2cnc[nH]2)C1. The Balaban J connectivity index is 1.61. The van der Waals surface area contributed by atoms with Gasteiger partial charge in [-0.15, -0.1) is 0 Å². The highest BCUT2D eigenvalue weighted by molar-refractivity contribution is 5.77. The van der Waals surface area contributed by atoms with Gasteiger partial charge in [0.2, 0.25) is 5.91 Å². The third kappa shape index (κ3) is 3.27. The Morgan fingerprint density at radius 3 is 3.05 bits per heavy atom. The summed E-state index contributed by atoms with van der Waals surface area (Å²) < 4.78 is 0. The molecule has 3 N–H and O–H groups in total. The van der Waals surface area contributed by atoms with Crippen LogP contribution in [0.25, 0.3) is 0 Å². The van der Waals surface area contributed by atoms with E-state index in [1.165, 1.54) is 0 Å². The number of likely N-dealkylation sites (tertiary alicyclic amines) is 2. The fraction of sp³-hybridized carbons (Fsp3) is 0.733. The highest BCUT2D eigenvalue weighted by Crippen LogP contribution is 2.31. The fourth-order valence-corrected chi connectivity index (χ4v) is 3.77. The van der Waals surface area contributed by atoms with Gasteiger partial charge in [0.15, 0.2) is 0 Å². The number of carbonyl (C=O) groups excluding carboxylic acids is 1. The van der Waals surface area contributed by atoms with E-state index in [0.29, 0.717) is 24.3 Å². The smallest absolute Gasteiger partial charge is 0.222 e. The third-order valence-corrected chi connectivity index (χ3v) is 4.85. The van der Waals surface area contributed by atoms with Gasteiger partial charge in [0.25, 0.3) is 0 Å². The zero-order chi connectivity index (χ0) is 14.7. The lowest BCUT2D eigenvalue weighted by Crippen LogP contribution is -2.56. The van der Waals surface area contributed by atoms with Crippen LogP contribution in [0.3, 0.4) is 0 Å². The molecule has 0 aromatic carbocycles. The highest BCUT2D eigenvalue weighted by Gasteiger charge is 2.38. The average molecular weight is 291 g/mol. The molecule has 21 heavy (non-hydrogen) atoms. The molecule has 2 aliphatic heterocycles. The van der Waals surface area contributed by atoms with Gasteiger partial charge in [-0.05, 0) is 18.8 Å². The first-order valence-electron chi connectivity index (χ1n) is 7.97. The maximum atomic E-state index is 12.3. The number of hydrogen-bond donors (Lipinski definition) is 2. The van der Waals surface area contributed by atoms with Crippen molar-refractivity contribution >= 4 is 5.91 Å². The second-order valence-corrected chi connectivity index (χ2v) is 6.16. The zero-order valence-electron chi connectivity index (χ0n) is 12.5. The molecule has 2 atom stereocenters. The number of piperidine rings is 2. The Bertz CT molecular complexity index is 461.